The summed E-state index contributed by atoms with van der Waals surface area (Å²) in [6.07, 6.45) is -0.0321. The van der Waals surface area contributed by atoms with E-state index in [1.165, 1.54) is 7.11 Å². The average Bonchev–Trinajstić information content (AvgIpc) is 2.46. The van der Waals surface area contributed by atoms with Gasteiger partial charge in [-0.15, -0.1) is 0 Å². The second-order valence-corrected chi connectivity index (χ2v) is 6.64. The van der Waals surface area contributed by atoms with Gasteiger partial charge in [-0.25, -0.2) is 9.59 Å². The van der Waals surface area contributed by atoms with E-state index < -0.39 is 35.7 Å². The van der Waals surface area contributed by atoms with Gasteiger partial charge >= 0.3 is 12.1 Å². The predicted molar refractivity (Wildman–Crippen MR) is 90.4 cm³/mol. The highest BCUT2D eigenvalue weighted by Gasteiger charge is 2.30. The van der Waals surface area contributed by atoms with Crippen molar-refractivity contribution in [3.05, 3.63) is 0 Å². The molecule has 0 aliphatic rings. The zero-order valence-corrected chi connectivity index (χ0v) is 15.5. The van der Waals surface area contributed by atoms with E-state index in [0.29, 0.717) is 6.42 Å². The molecule has 0 aromatic heterocycles. The monoisotopic (exact) mass is 348 g/mol. The number of hydrogen-bond donors (Lipinski definition) is 3. The molecule has 3 atom stereocenters. The zero-order valence-electron chi connectivity index (χ0n) is 14.6. The Morgan fingerprint density at radius 2 is 1.74 bits per heavy atom. The molecule has 0 spiro atoms. The molecule has 0 heterocycles. The van der Waals surface area contributed by atoms with Gasteiger partial charge in [0, 0.05) is 5.75 Å². The van der Waals surface area contributed by atoms with Gasteiger partial charge in [-0.05, 0) is 26.7 Å². The Hall–Kier alpha value is -1.44. The molecule has 0 aliphatic heterocycles. The van der Waals surface area contributed by atoms with Crippen LogP contribution in [0.15, 0.2) is 0 Å². The summed E-state index contributed by atoms with van der Waals surface area (Å²) < 4.78 is 9.82. The third-order valence-electron chi connectivity index (χ3n) is 3.16. The van der Waals surface area contributed by atoms with Gasteiger partial charge in [-0.2, -0.15) is 12.6 Å². The Balaban J connectivity index is 4.86. The van der Waals surface area contributed by atoms with Crippen molar-refractivity contribution in [3.8, 4) is 0 Å². The Bertz CT molecular complexity index is 423. The largest absolute Gasteiger partial charge is 0.467 e. The van der Waals surface area contributed by atoms with Crippen LogP contribution in [0.4, 0.5) is 4.79 Å². The minimum atomic E-state index is -0.913. The quantitative estimate of drug-likeness (QED) is 0.479. The molecule has 0 aromatic rings. The van der Waals surface area contributed by atoms with Gasteiger partial charge in [0.1, 0.15) is 17.7 Å². The van der Waals surface area contributed by atoms with Crippen molar-refractivity contribution in [1.82, 2.24) is 10.6 Å². The molecule has 0 unspecified atom stereocenters. The lowest BCUT2D eigenvalue weighted by molar-refractivity contribution is -0.146. The number of ether oxygens (including phenoxy) is 2. The number of carbonyl (C=O) groups excluding carboxylic acids is 3. The van der Waals surface area contributed by atoms with Crippen molar-refractivity contribution in [3.63, 3.8) is 0 Å². The van der Waals surface area contributed by atoms with Crippen LogP contribution in [-0.4, -0.2) is 48.5 Å². The number of nitrogens with one attached hydrogen (secondary N) is 2. The van der Waals surface area contributed by atoms with E-state index in [2.05, 4.69) is 23.3 Å². The Kier molecular flexibility index (Phi) is 9.04. The summed E-state index contributed by atoms with van der Waals surface area (Å²) >= 11 is 4.07. The smallest absolute Gasteiger partial charge is 0.408 e. The van der Waals surface area contributed by atoms with Crippen LogP contribution in [0, 0.1) is 5.92 Å². The van der Waals surface area contributed by atoms with Crippen LogP contribution in [0.5, 0.6) is 0 Å². The molecule has 0 aliphatic carbocycles. The summed E-state index contributed by atoms with van der Waals surface area (Å²) in [5.41, 5.74) is -0.674. The van der Waals surface area contributed by atoms with Crippen molar-refractivity contribution in [2.24, 2.45) is 5.92 Å². The summed E-state index contributed by atoms with van der Waals surface area (Å²) in [5.74, 6) is -1.07. The number of thiol groups is 1. The maximum atomic E-state index is 12.3. The first kappa shape index (κ1) is 21.6. The molecule has 2 N–H and O–H groups in total. The SMILES string of the molecule is CC[C@H](C)[C@H](NC(=O)[C@H](CS)NC(=O)OC(C)(C)C)C(=O)OC. The van der Waals surface area contributed by atoms with Crippen molar-refractivity contribution in [2.75, 3.05) is 12.9 Å². The van der Waals surface area contributed by atoms with Crippen molar-refractivity contribution >= 4 is 30.6 Å². The van der Waals surface area contributed by atoms with Crippen LogP contribution in [0.25, 0.3) is 0 Å². The summed E-state index contributed by atoms with van der Waals surface area (Å²) in [6.45, 7) is 8.90. The molecule has 0 fully saturated rings. The Morgan fingerprint density at radius 1 is 1.17 bits per heavy atom. The number of hydrogen-bond acceptors (Lipinski definition) is 6. The summed E-state index contributed by atoms with van der Waals surface area (Å²) in [4.78, 5) is 35.8. The van der Waals surface area contributed by atoms with Crippen LogP contribution in [-0.2, 0) is 19.1 Å². The number of esters is 1. The van der Waals surface area contributed by atoms with Gasteiger partial charge < -0.3 is 20.1 Å². The number of methoxy groups -OCH3 is 1. The maximum absolute atomic E-state index is 12.3. The van der Waals surface area contributed by atoms with Gasteiger partial charge in [0.2, 0.25) is 5.91 Å². The fraction of sp³-hybridized carbons (Fsp3) is 0.800. The van der Waals surface area contributed by atoms with E-state index in [1.54, 1.807) is 20.8 Å². The van der Waals surface area contributed by atoms with E-state index in [0.717, 1.165) is 0 Å². The van der Waals surface area contributed by atoms with Crippen LogP contribution in [0.2, 0.25) is 0 Å². The fourth-order valence-electron chi connectivity index (χ4n) is 1.69. The molecule has 0 saturated carbocycles. The van der Waals surface area contributed by atoms with Gasteiger partial charge in [-0.1, -0.05) is 20.3 Å². The van der Waals surface area contributed by atoms with Gasteiger partial charge in [-0.3, -0.25) is 4.79 Å². The lowest BCUT2D eigenvalue weighted by Crippen LogP contribution is -2.54. The van der Waals surface area contributed by atoms with Crippen LogP contribution in [0.1, 0.15) is 41.0 Å². The highest BCUT2D eigenvalue weighted by Crippen LogP contribution is 2.10. The second kappa shape index (κ2) is 9.64. The molecule has 0 bridgehead atoms. The number of rotatable bonds is 7. The standard InChI is InChI=1S/C15H28N2O5S/c1-7-9(2)11(13(19)21-6)17-12(18)10(8-23)16-14(20)22-15(3,4)5/h9-11,23H,7-8H2,1-6H3,(H,16,20)(H,17,18)/t9-,10-,11-/m0/s1. The third kappa shape index (κ3) is 8.11. The number of amides is 2. The normalized spacial score (nSPS) is 15.1. The van der Waals surface area contributed by atoms with E-state index in [9.17, 15) is 14.4 Å². The van der Waals surface area contributed by atoms with E-state index in [4.69, 9.17) is 9.47 Å². The average molecular weight is 348 g/mol. The Labute approximate surface area is 143 Å². The predicted octanol–water partition coefficient (Wildman–Crippen LogP) is 1.51. The maximum Gasteiger partial charge on any atom is 0.408 e. The lowest BCUT2D eigenvalue weighted by Gasteiger charge is -2.26. The minimum absolute atomic E-state index is 0.0689. The van der Waals surface area contributed by atoms with Crippen molar-refractivity contribution in [2.45, 2.75) is 58.7 Å². The molecule has 2 amide bonds. The molecule has 0 rings (SSSR count). The second-order valence-electron chi connectivity index (χ2n) is 6.28. The Morgan fingerprint density at radius 3 is 2.13 bits per heavy atom. The minimum Gasteiger partial charge on any atom is -0.467 e. The molecule has 8 heteroatoms. The lowest BCUT2D eigenvalue weighted by atomic mass is 9.99. The summed E-state index contributed by atoms with van der Waals surface area (Å²) in [6, 6.07) is -1.69. The van der Waals surface area contributed by atoms with Gasteiger partial charge in [0.25, 0.3) is 0 Å². The highest BCUT2D eigenvalue weighted by atomic mass is 32.1. The highest BCUT2D eigenvalue weighted by molar-refractivity contribution is 7.80. The fourth-order valence-corrected chi connectivity index (χ4v) is 1.95. The summed E-state index contributed by atoms with van der Waals surface area (Å²) in [5, 5.41) is 5.05. The van der Waals surface area contributed by atoms with Crippen LogP contribution < -0.4 is 10.6 Å². The molecule has 0 aromatic carbocycles. The van der Waals surface area contributed by atoms with E-state index in [-0.39, 0.29) is 11.7 Å². The van der Waals surface area contributed by atoms with E-state index in [1.807, 2.05) is 13.8 Å². The van der Waals surface area contributed by atoms with E-state index >= 15 is 0 Å². The number of alkyl carbamates (subject to hydrolysis) is 1. The van der Waals surface area contributed by atoms with Gasteiger partial charge in [0.15, 0.2) is 0 Å². The van der Waals surface area contributed by atoms with Crippen LogP contribution >= 0.6 is 12.6 Å². The van der Waals surface area contributed by atoms with Crippen molar-refractivity contribution < 1.29 is 23.9 Å². The molecule has 134 valence electrons. The molecule has 23 heavy (non-hydrogen) atoms. The molecular formula is C15H28N2O5S. The first-order valence-corrected chi connectivity index (χ1v) is 8.17. The third-order valence-corrected chi connectivity index (χ3v) is 3.52. The molecule has 0 saturated heterocycles. The molecular weight excluding hydrogens is 320 g/mol. The first-order chi connectivity index (χ1) is 10.6. The molecule has 7 nitrogen and oxygen atoms in total. The zero-order chi connectivity index (χ0) is 18.2. The van der Waals surface area contributed by atoms with Crippen LogP contribution in [0.3, 0.4) is 0 Å². The van der Waals surface area contributed by atoms with Gasteiger partial charge in [0.05, 0.1) is 7.11 Å². The summed E-state index contributed by atoms with van der Waals surface area (Å²) in [7, 11) is 1.26. The van der Waals surface area contributed by atoms with Crippen molar-refractivity contribution in [1.29, 1.82) is 0 Å². The molecule has 0 radical (unpaired) electrons. The first-order valence-electron chi connectivity index (χ1n) is 7.54. The topological polar surface area (TPSA) is 93.7 Å². The number of carbonyl (C=O) groups is 3.